The molecule has 0 radical (unpaired) electrons. The van der Waals surface area contributed by atoms with E-state index >= 15 is 0 Å². The summed E-state index contributed by atoms with van der Waals surface area (Å²) in [6, 6.07) is 5.43. The number of carbonyl (C=O) groups excluding carboxylic acids is 1. The van der Waals surface area contributed by atoms with Crippen LogP contribution in [-0.2, 0) is 4.79 Å². The van der Waals surface area contributed by atoms with Crippen molar-refractivity contribution in [1.82, 2.24) is 0 Å². The second-order valence-corrected chi connectivity index (χ2v) is 3.56. The van der Waals surface area contributed by atoms with Crippen LogP contribution in [-0.4, -0.2) is 5.91 Å². The van der Waals surface area contributed by atoms with Gasteiger partial charge in [-0.2, -0.15) is 0 Å². The average molecular weight is 210 g/mol. The Morgan fingerprint density at radius 2 is 2.07 bits per heavy atom. The number of hydrogen-bond acceptors (Lipinski definition) is 1. The number of nitrogens with one attached hydrogen (secondary N) is 1. The van der Waals surface area contributed by atoms with Gasteiger partial charge in [0.1, 0.15) is 0 Å². The number of rotatable bonds is 2. The summed E-state index contributed by atoms with van der Waals surface area (Å²) >= 11 is 5.96. The van der Waals surface area contributed by atoms with Crippen LogP contribution in [0.1, 0.15) is 19.4 Å². The molecule has 14 heavy (non-hydrogen) atoms. The first-order valence-corrected chi connectivity index (χ1v) is 4.61. The lowest BCUT2D eigenvalue weighted by Crippen LogP contribution is -2.06. The Bertz CT molecular complexity index is 385. The van der Waals surface area contributed by atoms with E-state index < -0.39 is 0 Å². The van der Waals surface area contributed by atoms with Gasteiger partial charge < -0.3 is 5.32 Å². The maximum atomic E-state index is 10.8. The first kappa shape index (κ1) is 10.8. The van der Waals surface area contributed by atoms with Gasteiger partial charge in [-0.25, -0.2) is 0 Å². The molecule has 1 N–H and O–H groups in total. The van der Waals surface area contributed by atoms with Gasteiger partial charge in [-0.3, -0.25) is 4.79 Å². The van der Waals surface area contributed by atoms with Gasteiger partial charge in [-0.05, 0) is 24.6 Å². The summed E-state index contributed by atoms with van der Waals surface area (Å²) in [6.07, 6.45) is 0. The molecule has 74 valence electrons. The molecule has 2 nitrogen and oxygen atoms in total. The van der Waals surface area contributed by atoms with Crippen LogP contribution in [0, 0.1) is 0 Å². The van der Waals surface area contributed by atoms with Gasteiger partial charge in [-0.1, -0.05) is 29.8 Å². The zero-order valence-corrected chi connectivity index (χ0v) is 8.98. The number of anilines is 1. The molecule has 1 rings (SSSR count). The van der Waals surface area contributed by atoms with Crippen LogP contribution in [0.2, 0.25) is 5.02 Å². The van der Waals surface area contributed by atoms with Crippen LogP contribution in [0.15, 0.2) is 24.8 Å². The summed E-state index contributed by atoms with van der Waals surface area (Å²) in [6.45, 7) is 7.16. The molecule has 1 amide bonds. The Hall–Kier alpha value is -1.28. The summed E-state index contributed by atoms with van der Waals surface area (Å²) < 4.78 is 0. The zero-order valence-electron chi connectivity index (χ0n) is 8.23. The highest BCUT2D eigenvalue weighted by molar-refractivity contribution is 6.33. The fraction of sp³-hybridized carbons (Fsp3) is 0.182. The molecule has 0 atom stereocenters. The third-order valence-electron chi connectivity index (χ3n) is 1.77. The van der Waals surface area contributed by atoms with Crippen LogP contribution < -0.4 is 5.32 Å². The van der Waals surface area contributed by atoms with Gasteiger partial charge in [0, 0.05) is 6.92 Å². The highest BCUT2D eigenvalue weighted by Crippen LogP contribution is 2.25. The van der Waals surface area contributed by atoms with E-state index in [4.69, 9.17) is 11.6 Å². The first-order chi connectivity index (χ1) is 6.50. The summed E-state index contributed by atoms with van der Waals surface area (Å²) in [5, 5.41) is 3.17. The van der Waals surface area contributed by atoms with E-state index in [1.54, 1.807) is 12.1 Å². The maximum Gasteiger partial charge on any atom is 0.221 e. The van der Waals surface area contributed by atoms with Crippen molar-refractivity contribution in [3.63, 3.8) is 0 Å². The van der Waals surface area contributed by atoms with E-state index in [9.17, 15) is 4.79 Å². The monoisotopic (exact) mass is 209 g/mol. The van der Waals surface area contributed by atoms with E-state index in [0.717, 1.165) is 11.1 Å². The van der Waals surface area contributed by atoms with Crippen LogP contribution in [0.25, 0.3) is 5.57 Å². The van der Waals surface area contributed by atoms with Gasteiger partial charge in [0.15, 0.2) is 0 Å². The van der Waals surface area contributed by atoms with Gasteiger partial charge in [0.25, 0.3) is 0 Å². The van der Waals surface area contributed by atoms with E-state index in [1.807, 2.05) is 13.0 Å². The molecule has 0 unspecified atom stereocenters. The van der Waals surface area contributed by atoms with E-state index in [2.05, 4.69) is 11.9 Å². The third-order valence-corrected chi connectivity index (χ3v) is 2.09. The van der Waals surface area contributed by atoms with Crippen LogP contribution >= 0.6 is 11.6 Å². The Morgan fingerprint density at radius 1 is 1.43 bits per heavy atom. The zero-order chi connectivity index (χ0) is 10.7. The minimum Gasteiger partial charge on any atom is -0.325 e. The van der Waals surface area contributed by atoms with Crippen molar-refractivity contribution in [2.45, 2.75) is 13.8 Å². The quantitative estimate of drug-likeness (QED) is 0.796. The number of amides is 1. The van der Waals surface area contributed by atoms with Crippen molar-refractivity contribution >= 4 is 28.8 Å². The molecule has 0 spiro atoms. The molecule has 0 saturated heterocycles. The van der Waals surface area contributed by atoms with Crippen molar-refractivity contribution < 1.29 is 4.79 Å². The van der Waals surface area contributed by atoms with E-state index in [1.165, 1.54) is 6.92 Å². The first-order valence-electron chi connectivity index (χ1n) is 4.23. The summed E-state index contributed by atoms with van der Waals surface area (Å²) in [4.78, 5) is 10.8. The van der Waals surface area contributed by atoms with Gasteiger partial charge in [-0.15, -0.1) is 0 Å². The lowest BCUT2D eigenvalue weighted by Gasteiger charge is -2.06. The molecule has 1 aromatic rings. The molecule has 0 aliphatic rings. The summed E-state index contributed by atoms with van der Waals surface area (Å²) in [5.74, 6) is -0.130. The predicted octanol–water partition coefficient (Wildman–Crippen LogP) is 3.33. The maximum absolute atomic E-state index is 10.8. The van der Waals surface area contributed by atoms with Crippen LogP contribution in [0.5, 0.6) is 0 Å². The number of halogens is 1. The fourth-order valence-electron chi connectivity index (χ4n) is 1.07. The minimum atomic E-state index is -0.130. The standard InChI is InChI=1S/C11H12ClNO/c1-7(2)9-4-5-11(10(12)6-9)13-8(3)14/h4-6H,1H2,2-3H3,(H,13,14). The molecular formula is C11H12ClNO. The molecule has 3 heteroatoms. The lowest BCUT2D eigenvalue weighted by molar-refractivity contribution is -0.114. The number of benzene rings is 1. The van der Waals surface area contributed by atoms with Crippen molar-refractivity contribution in [3.8, 4) is 0 Å². The second-order valence-electron chi connectivity index (χ2n) is 3.16. The predicted molar refractivity (Wildman–Crippen MR) is 60.5 cm³/mol. The molecule has 0 aliphatic carbocycles. The number of allylic oxidation sites excluding steroid dienone is 1. The van der Waals surface area contributed by atoms with Gasteiger partial charge in [0.05, 0.1) is 10.7 Å². The molecule has 0 fully saturated rings. The Labute approximate surface area is 88.6 Å². The average Bonchev–Trinajstić information content (AvgIpc) is 2.07. The fourth-order valence-corrected chi connectivity index (χ4v) is 1.30. The molecule has 0 aliphatic heterocycles. The Kier molecular flexibility index (Phi) is 3.31. The molecule has 0 bridgehead atoms. The van der Waals surface area contributed by atoms with Crippen LogP contribution in [0.3, 0.4) is 0 Å². The smallest absolute Gasteiger partial charge is 0.221 e. The topological polar surface area (TPSA) is 29.1 Å². The van der Waals surface area contributed by atoms with Crippen molar-refractivity contribution in [2.75, 3.05) is 5.32 Å². The number of carbonyl (C=O) groups is 1. The van der Waals surface area contributed by atoms with Crippen molar-refractivity contribution in [1.29, 1.82) is 0 Å². The highest BCUT2D eigenvalue weighted by Gasteiger charge is 2.03. The normalized spacial score (nSPS) is 9.64. The van der Waals surface area contributed by atoms with Gasteiger partial charge in [0.2, 0.25) is 5.91 Å². The lowest BCUT2D eigenvalue weighted by atomic mass is 10.1. The molecule has 0 heterocycles. The molecule has 0 aromatic heterocycles. The summed E-state index contributed by atoms with van der Waals surface area (Å²) in [7, 11) is 0. The number of hydrogen-bond donors (Lipinski definition) is 1. The van der Waals surface area contributed by atoms with E-state index in [0.29, 0.717) is 10.7 Å². The minimum absolute atomic E-state index is 0.130. The van der Waals surface area contributed by atoms with Gasteiger partial charge >= 0.3 is 0 Å². The van der Waals surface area contributed by atoms with Crippen molar-refractivity contribution in [2.24, 2.45) is 0 Å². The SMILES string of the molecule is C=C(C)c1ccc(NC(C)=O)c(Cl)c1. The molecular weight excluding hydrogens is 198 g/mol. The Balaban J connectivity index is 3.01. The second kappa shape index (κ2) is 4.29. The summed E-state index contributed by atoms with van der Waals surface area (Å²) in [5.41, 5.74) is 2.55. The Morgan fingerprint density at radius 3 is 2.50 bits per heavy atom. The highest BCUT2D eigenvalue weighted by atomic mass is 35.5. The molecule has 1 aromatic carbocycles. The largest absolute Gasteiger partial charge is 0.325 e. The van der Waals surface area contributed by atoms with Crippen LogP contribution in [0.4, 0.5) is 5.69 Å². The van der Waals surface area contributed by atoms with Crippen molar-refractivity contribution in [3.05, 3.63) is 35.4 Å². The molecule has 0 saturated carbocycles. The van der Waals surface area contributed by atoms with E-state index in [-0.39, 0.29) is 5.91 Å². The third kappa shape index (κ3) is 2.60.